The monoisotopic (exact) mass is 323 g/mol. The molecular formula is C16H29N5S. The summed E-state index contributed by atoms with van der Waals surface area (Å²) in [5.41, 5.74) is 0. The van der Waals surface area contributed by atoms with Gasteiger partial charge in [-0.2, -0.15) is 0 Å². The molecule has 6 heteroatoms. The van der Waals surface area contributed by atoms with E-state index in [2.05, 4.69) is 27.3 Å². The number of nitrogens with zero attached hydrogens (tertiary/aromatic N) is 5. The van der Waals surface area contributed by atoms with Gasteiger partial charge in [-0.1, -0.05) is 44.8 Å². The van der Waals surface area contributed by atoms with Gasteiger partial charge in [-0.15, -0.1) is 5.10 Å². The van der Waals surface area contributed by atoms with Crippen molar-refractivity contribution in [1.29, 1.82) is 0 Å². The maximum absolute atomic E-state index is 5.76. The number of unbranched alkanes of at least 4 members (excludes halogenated alkanes) is 1. The van der Waals surface area contributed by atoms with E-state index in [1.807, 2.05) is 7.05 Å². The van der Waals surface area contributed by atoms with Crippen LogP contribution >= 0.6 is 12.2 Å². The second-order valence-electron chi connectivity index (χ2n) is 6.30. The van der Waals surface area contributed by atoms with E-state index in [1.165, 1.54) is 44.9 Å². The topological polar surface area (TPSA) is 46.8 Å². The van der Waals surface area contributed by atoms with Crippen LogP contribution in [0.1, 0.15) is 70.5 Å². The van der Waals surface area contributed by atoms with Crippen LogP contribution in [0.5, 0.6) is 0 Å². The van der Waals surface area contributed by atoms with Crippen LogP contribution in [0.2, 0.25) is 0 Å². The van der Waals surface area contributed by atoms with Crippen molar-refractivity contribution in [3.05, 3.63) is 5.82 Å². The summed E-state index contributed by atoms with van der Waals surface area (Å²) in [6, 6.07) is 0.685. The zero-order valence-corrected chi connectivity index (χ0v) is 14.8. The van der Waals surface area contributed by atoms with E-state index in [0.29, 0.717) is 6.04 Å². The van der Waals surface area contributed by atoms with Gasteiger partial charge in [0.15, 0.2) is 5.82 Å². The molecule has 2 rings (SSSR count). The first-order chi connectivity index (χ1) is 10.7. The summed E-state index contributed by atoms with van der Waals surface area (Å²) < 4.78 is 1.75. The van der Waals surface area contributed by atoms with E-state index < -0.39 is 0 Å². The summed E-state index contributed by atoms with van der Waals surface area (Å²) in [4.78, 5) is 3.68. The fraction of sp³-hybridized carbons (Fsp3) is 0.875. The fourth-order valence-corrected chi connectivity index (χ4v) is 3.62. The second kappa shape index (κ2) is 9.18. The Labute approximate surface area is 139 Å². The Bertz CT molecular complexity index is 453. The molecule has 0 amide bonds. The number of hydrogen-bond donors (Lipinski definition) is 0. The normalized spacial score (nSPS) is 15.9. The lowest BCUT2D eigenvalue weighted by Crippen LogP contribution is -2.41. The van der Waals surface area contributed by atoms with Crippen molar-refractivity contribution in [2.24, 2.45) is 7.05 Å². The molecule has 0 aliphatic heterocycles. The quantitative estimate of drug-likeness (QED) is 0.687. The van der Waals surface area contributed by atoms with E-state index in [9.17, 15) is 0 Å². The number of tetrazole rings is 1. The van der Waals surface area contributed by atoms with Crippen molar-refractivity contribution >= 4 is 17.2 Å². The van der Waals surface area contributed by atoms with Crippen molar-refractivity contribution < 1.29 is 0 Å². The molecule has 0 radical (unpaired) electrons. The Morgan fingerprint density at radius 3 is 2.68 bits per heavy atom. The van der Waals surface area contributed by atoms with Crippen LogP contribution in [-0.2, 0) is 13.5 Å². The minimum Gasteiger partial charge on any atom is -0.363 e. The van der Waals surface area contributed by atoms with Gasteiger partial charge in [0, 0.05) is 26.1 Å². The first-order valence-electron chi connectivity index (χ1n) is 8.73. The smallest absolute Gasteiger partial charge is 0.150 e. The molecule has 1 saturated carbocycles. The van der Waals surface area contributed by atoms with Crippen LogP contribution < -0.4 is 0 Å². The highest BCUT2D eigenvalue weighted by Crippen LogP contribution is 2.24. The summed E-state index contributed by atoms with van der Waals surface area (Å²) in [6.45, 7) is 3.38. The fourth-order valence-electron chi connectivity index (χ4n) is 3.23. The van der Waals surface area contributed by atoms with Gasteiger partial charge in [-0.25, -0.2) is 4.68 Å². The van der Waals surface area contributed by atoms with Gasteiger partial charge < -0.3 is 4.90 Å². The van der Waals surface area contributed by atoms with Gasteiger partial charge in [0.25, 0.3) is 0 Å². The molecule has 1 aromatic rings. The third kappa shape index (κ3) is 5.00. The molecule has 0 atom stereocenters. The van der Waals surface area contributed by atoms with Crippen LogP contribution in [-0.4, -0.2) is 42.7 Å². The third-order valence-electron chi connectivity index (χ3n) is 4.59. The number of thiocarbonyl (C=S) groups is 1. The Hall–Kier alpha value is -1.04. The van der Waals surface area contributed by atoms with Crippen LogP contribution in [0.4, 0.5) is 0 Å². The van der Waals surface area contributed by atoms with Crippen molar-refractivity contribution in [3.63, 3.8) is 0 Å². The average molecular weight is 324 g/mol. The van der Waals surface area contributed by atoms with Crippen molar-refractivity contribution in [2.75, 3.05) is 6.54 Å². The highest BCUT2D eigenvalue weighted by molar-refractivity contribution is 7.80. The van der Waals surface area contributed by atoms with Crippen LogP contribution in [0, 0.1) is 0 Å². The molecule has 124 valence electrons. The lowest BCUT2D eigenvalue weighted by atomic mass is 9.93. The average Bonchev–Trinajstić information content (AvgIpc) is 2.94. The summed E-state index contributed by atoms with van der Waals surface area (Å²) in [6.07, 6.45) is 12.1. The van der Waals surface area contributed by atoms with Gasteiger partial charge in [0.1, 0.15) is 0 Å². The molecule has 0 bridgehead atoms. The molecule has 1 aliphatic rings. The molecule has 22 heavy (non-hydrogen) atoms. The van der Waals surface area contributed by atoms with Crippen molar-refractivity contribution in [3.8, 4) is 0 Å². The first kappa shape index (κ1) is 17.3. The highest BCUT2D eigenvalue weighted by atomic mass is 32.1. The van der Waals surface area contributed by atoms with Gasteiger partial charge in [0.2, 0.25) is 0 Å². The third-order valence-corrected chi connectivity index (χ3v) is 5.03. The molecule has 1 aliphatic carbocycles. The summed E-state index contributed by atoms with van der Waals surface area (Å²) in [5, 5.41) is 11.6. The largest absolute Gasteiger partial charge is 0.363 e. The molecule has 1 aromatic heterocycles. The van der Waals surface area contributed by atoms with Crippen molar-refractivity contribution in [1.82, 2.24) is 25.1 Å². The molecule has 5 nitrogen and oxygen atoms in total. The maximum Gasteiger partial charge on any atom is 0.150 e. The van der Waals surface area contributed by atoms with Gasteiger partial charge >= 0.3 is 0 Å². The molecule has 1 heterocycles. The van der Waals surface area contributed by atoms with Crippen molar-refractivity contribution in [2.45, 2.75) is 77.2 Å². The lowest BCUT2D eigenvalue weighted by molar-refractivity contribution is 0.240. The molecule has 0 spiro atoms. The standard InChI is InChI=1S/C16H29N5S/c1-3-4-13-21(14-9-6-5-7-10-14)16(22)12-8-11-15-17-18-19-20(15)2/h14H,3-13H2,1-2H3. The predicted octanol–water partition coefficient (Wildman–Crippen LogP) is 3.30. The minimum absolute atomic E-state index is 0.685. The number of aryl methyl sites for hydroxylation is 2. The zero-order chi connectivity index (χ0) is 15.8. The van der Waals surface area contributed by atoms with Crippen LogP contribution in [0.3, 0.4) is 0 Å². The Kier molecular flexibility index (Phi) is 7.22. The summed E-state index contributed by atoms with van der Waals surface area (Å²) in [5.74, 6) is 0.945. The van der Waals surface area contributed by atoms with E-state index in [-0.39, 0.29) is 0 Å². The summed E-state index contributed by atoms with van der Waals surface area (Å²) >= 11 is 5.76. The van der Waals surface area contributed by atoms with E-state index in [1.54, 1.807) is 4.68 Å². The SMILES string of the molecule is CCCCN(C(=S)CCCc1nnnn1C)C1CCCCC1. The summed E-state index contributed by atoms with van der Waals surface area (Å²) in [7, 11) is 1.89. The van der Waals surface area contributed by atoms with Gasteiger partial charge in [-0.05, 0) is 42.5 Å². The number of aromatic nitrogens is 4. The number of hydrogen-bond acceptors (Lipinski definition) is 4. The Morgan fingerprint density at radius 2 is 2.05 bits per heavy atom. The molecule has 0 aromatic carbocycles. The first-order valence-corrected chi connectivity index (χ1v) is 9.14. The molecule has 0 saturated heterocycles. The lowest BCUT2D eigenvalue weighted by Gasteiger charge is -2.36. The Morgan fingerprint density at radius 1 is 1.27 bits per heavy atom. The van der Waals surface area contributed by atoms with E-state index in [0.717, 1.165) is 36.6 Å². The predicted molar refractivity (Wildman–Crippen MR) is 92.8 cm³/mol. The van der Waals surface area contributed by atoms with Gasteiger partial charge in [0.05, 0.1) is 4.99 Å². The maximum atomic E-state index is 5.76. The van der Waals surface area contributed by atoms with E-state index >= 15 is 0 Å². The molecular weight excluding hydrogens is 294 g/mol. The minimum atomic E-state index is 0.685. The molecule has 0 N–H and O–H groups in total. The molecule has 0 unspecified atom stereocenters. The number of rotatable bonds is 8. The highest BCUT2D eigenvalue weighted by Gasteiger charge is 2.22. The van der Waals surface area contributed by atoms with Gasteiger partial charge in [-0.3, -0.25) is 0 Å². The van der Waals surface area contributed by atoms with E-state index in [4.69, 9.17) is 12.2 Å². The second-order valence-corrected chi connectivity index (χ2v) is 6.78. The van der Waals surface area contributed by atoms with Crippen LogP contribution in [0.25, 0.3) is 0 Å². The van der Waals surface area contributed by atoms with Crippen LogP contribution in [0.15, 0.2) is 0 Å². The Balaban J connectivity index is 1.83. The zero-order valence-electron chi connectivity index (χ0n) is 14.0. The molecule has 1 fully saturated rings.